The van der Waals surface area contributed by atoms with E-state index in [1.165, 1.54) is 5.56 Å². The molecule has 4 rings (SSSR count). The minimum absolute atomic E-state index is 0.848. The molecule has 22 heavy (non-hydrogen) atoms. The van der Waals surface area contributed by atoms with Gasteiger partial charge in [-0.3, -0.25) is 0 Å². The Morgan fingerprint density at radius 2 is 1.95 bits per heavy atom. The molecule has 0 N–H and O–H groups in total. The van der Waals surface area contributed by atoms with Gasteiger partial charge in [0.05, 0.1) is 18.5 Å². The van der Waals surface area contributed by atoms with Gasteiger partial charge in [0, 0.05) is 28.8 Å². The number of aryl methyl sites for hydroxylation is 1. The van der Waals surface area contributed by atoms with Crippen molar-refractivity contribution >= 4 is 11.8 Å². The summed E-state index contributed by atoms with van der Waals surface area (Å²) in [6.07, 6.45) is 2.10. The highest BCUT2D eigenvalue weighted by Gasteiger charge is 2.21. The van der Waals surface area contributed by atoms with E-state index < -0.39 is 0 Å². The molecule has 1 aromatic carbocycles. The van der Waals surface area contributed by atoms with Gasteiger partial charge in [0.25, 0.3) is 0 Å². The summed E-state index contributed by atoms with van der Waals surface area (Å²) >= 11 is 1.78. The largest absolute Gasteiger partial charge is 0.497 e. The predicted molar refractivity (Wildman–Crippen MR) is 87.6 cm³/mol. The summed E-state index contributed by atoms with van der Waals surface area (Å²) in [5, 5.41) is 5.85. The van der Waals surface area contributed by atoms with Gasteiger partial charge in [0.1, 0.15) is 10.8 Å². The number of pyridine rings is 1. The van der Waals surface area contributed by atoms with Crippen LogP contribution in [0.3, 0.4) is 0 Å². The zero-order valence-electron chi connectivity index (χ0n) is 12.4. The van der Waals surface area contributed by atoms with E-state index in [0.717, 1.165) is 39.2 Å². The maximum atomic E-state index is 5.20. The topological polar surface area (TPSA) is 39.9 Å². The molecule has 0 amide bonds. The van der Waals surface area contributed by atoms with Crippen LogP contribution in [0.1, 0.15) is 11.3 Å². The van der Waals surface area contributed by atoms with E-state index in [4.69, 9.17) is 9.84 Å². The van der Waals surface area contributed by atoms with Crippen LogP contribution >= 0.6 is 11.8 Å². The molecule has 0 saturated heterocycles. The normalized spacial score (nSPS) is 12.6. The van der Waals surface area contributed by atoms with Gasteiger partial charge in [-0.2, -0.15) is 5.10 Å². The Bertz CT molecular complexity index is 840. The molecule has 0 fully saturated rings. The molecule has 3 aromatic rings. The van der Waals surface area contributed by atoms with E-state index >= 15 is 0 Å². The van der Waals surface area contributed by atoms with Gasteiger partial charge < -0.3 is 4.74 Å². The van der Waals surface area contributed by atoms with Crippen molar-refractivity contribution < 1.29 is 4.74 Å². The van der Waals surface area contributed by atoms with Crippen molar-refractivity contribution in [2.45, 2.75) is 17.7 Å². The van der Waals surface area contributed by atoms with Crippen molar-refractivity contribution in [1.29, 1.82) is 0 Å². The van der Waals surface area contributed by atoms with E-state index in [1.807, 2.05) is 41.9 Å². The van der Waals surface area contributed by atoms with Crippen molar-refractivity contribution in [3.05, 3.63) is 53.9 Å². The van der Waals surface area contributed by atoms with Gasteiger partial charge in [-0.25, -0.2) is 9.67 Å². The second kappa shape index (κ2) is 5.18. The second-order valence-corrected chi connectivity index (χ2v) is 6.20. The van der Waals surface area contributed by atoms with E-state index in [2.05, 4.69) is 17.2 Å². The molecule has 5 heteroatoms. The molecule has 0 saturated carbocycles. The lowest BCUT2D eigenvalue weighted by Crippen LogP contribution is -1.98. The molecule has 0 bridgehead atoms. The molecule has 110 valence electrons. The smallest absolute Gasteiger partial charge is 0.119 e. The zero-order chi connectivity index (χ0) is 15.1. The number of ether oxygens (including phenoxy) is 1. The van der Waals surface area contributed by atoms with Crippen molar-refractivity contribution in [3.8, 4) is 22.7 Å². The van der Waals surface area contributed by atoms with E-state index in [1.54, 1.807) is 18.9 Å². The average Bonchev–Trinajstić information content (AvgIpc) is 2.99. The minimum Gasteiger partial charge on any atom is -0.497 e. The highest BCUT2D eigenvalue weighted by molar-refractivity contribution is 7.98. The number of fused-ring (bicyclic) bond motifs is 3. The van der Waals surface area contributed by atoms with Gasteiger partial charge >= 0.3 is 0 Å². The highest BCUT2D eigenvalue weighted by Crippen LogP contribution is 2.39. The summed E-state index contributed by atoms with van der Waals surface area (Å²) in [7, 11) is 1.67. The molecule has 1 aliphatic rings. The second-order valence-electron chi connectivity index (χ2n) is 5.24. The van der Waals surface area contributed by atoms with Crippen LogP contribution in [0.4, 0.5) is 0 Å². The maximum Gasteiger partial charge on any atom is 0.119 e. The number of aromatic nitrogens is 3. The van der Waals surface area contributed by atoms with Crippen molar-refractivity contribution in [1.82, 2.24) is 14.8 Å². The first-order valence-electron chi connectivity index (χ1n) is 7.08. The van der Waals surface area contributed by atoms with Gasteiger partial charge in [0.15, 0.2) is 0 Å². The average molecular weight is 309 g/mol. The number of hydrogen-bond acceptors (Lipinski definition) is 4. The number of rotatable bonds is 2. The fourth-order valence-electron chi connectivity index (χ4n) is 2.58. The number of thioether (sulfide) groups is 1. The third kappa shape index (κ3) is 2.18. The number of nitrogens with zero attached hydrogens (tertiary/aromatic N) is 3. The summed E-state index contributed by atoms with van der Waals surface area (Å²) in [4.78, 5) is 4.61. The minimum atomic E-state index is 0.848. The number of methoxy groups -OCH3 is 1. The van der Waals surface area contributed by atoms with E-state index in [9.17, 15) is 0 Å². The van der Waals surface area contributed by atoms with Crippen molar-refractivity contribution in [2.24, 2.45) is 0 Å². The molecular formula is C17H15N3OS. The molecule has 3 heterocycles. The van der Waals surface area contributed by atoms with Crippen LogP contribution in [0.5, 0.6) is 5.75 Å². The Morgan fingerprint density at radius 3 is 2.73 bits per heavy atom. The quantitative estimate of drug-likeness (QED) is 0.721. The Morgan fingerprint density at radius 1 is 1.14 bits per heavy atom. The monoisotopic (exact) mass is 309 g/mol. The van der Waals surface area contributed by atoms with Crippen molar-refractivity contribution in [2.75, 3.05) is 7.11 Å². The van der Waals surface area contributed by atoms with Crippen LogP contribution in [0.25, 0.3) is 16.9 Å². The summed E-state index contributed by atoms with van der Waals surface area (Å²) in [6, 6.07) is 12.1. The SMILES string of the molecule is COc1ccc(-n2cc3c(n2)-c2ccc(C)nc2SC3)cc1. The molecular weight excluding hydrogens is 294 g/mol. The van der Waals surface area contributed by atoms with Crippen LogP contribution in [0.2, 0.25) is 0 Å². The first-order chi connectivity index (χ1) is 10.7. The predicted octanol–water partition coefficient (Wildman–Crippen LogP) is 3.86. The van der Waals surface area contributed by atoms with Gasteiger partial charge in [-0.05, 0) is 43.3 Å². The van der Waals surface area contributed by atoms with Crippen molar-refractivity contribution in [3.63, 3.8) is 0 Å². The number of benzene rings is 1. The van der Waals surface area contributed by atoms with Gasteiger partial charge in [-0.1, -0.05) is 0 Å². The first kappa shape index (κ1) is 13.4. The standard InChI is InChI=1S/C17H15N3OS/c1-11-3-8-15-16-12(10-22-17(15)18-11)9-20(19-16)13-4-6-14(21-2)7-5-13/h3-9H,10H2,1-2H3. The Balaban J connectivity index is 1.78. The molecule has 0 radical (unpaired) electrons. The van der Waals surface area contributed by atoms with Crippen LogP contribution in [0.15, 0.2) is 47.6 Å². The van der Waals surface area contributed by atoms with Crippen LogP contribution < -0.4 is 4.74 Å². The molecule has 4 nitrogen and oxygen atoms in total. The summed E-state index contributed by atoms with van der Waals surface area (Å²) in [6.45, 7) is 2.02. The molecule has 0 spiro atoms. The lowest BCUT2D eigenvalue weighted by Gasteiger charge is -2.13. The third-order valence-electron chi connectivity index (χ3n) is 3.75. The van der Waals surface area contributed by atoms with Gasteiger partial charge in [-0.15, -0.1) is 11.8 Å². The Hall–Kier alpha value is -2.27. The highest BCUT2D eigenvalue weighted by atomic mass is 32.2. The van der Waals surface area contributed by atoms with E-state index in [0.29, 0.717) is 0 Å². The molecule has 1 aliphatic heterocycles. The summed E-state index contributed by atoms with van der Waals surface area (Å²) in [5.74, 6) is 1.76. The Kier molecular flexibility index (Phi) is 3.15. The maximum absolute atomic E-state index is 5.20. The third-order valence-corrected chi connectivity index (χ3v) is 4.79. The molecule has 0 unspecified atom stereocenters. The summed E-state index contributed by atoms with van der Waals surface area (Å²) in [5.41, 5.74) is 5.49. The fraction of sp³-hybridized carbons (Fsp3) is 0.176. The van der Waals surface area contributed by atoms with Gasteiger partial charge in [0.2, 0.25) is 0 Å². The van der Waals surface area contributed by atoms with Crippen LogP contribution in [-0.2, 0) is 5.75 Å². The lowest BCUT2D eigenvalue weighted by atomic mass is 10.1. The Labute approximate surface area is 133 Å². The lowest BCUT2D eigenvalue weighted by molar-refractivity contribution is 0.414. The fourth-order valence-corrected chi connectivity index (χ4v) is 3.61. The van der Waals surface area contributed by atoms with Crippen LogP contribution in [-0.4, -0.2) is 21.9 Å². The zero-order valence-corrected chi connectivity index (χ0v) is 13.2. The molecule has 0 aliphatic carbocycles. The first-order valence-corrected chi connectivity index (χ1v) is 8.07. The number of hydrogen-bond donors (Lipinski definition) is 0. The summed E-state index contributed by atoms with van der Waals surface area (Å²) < 4.78 is 7.13. The van der Waals surface area contributed by atoms with Crippen LogP contribution in [0, 0.1) is 6.92 Å². The molecule has 2 aromatic heterocycles. The molecule has 0 atom stereocenters. The van der Waals surface area contributed by atoms with E-state index in [-0.39, 0.29) is 0 Å².